The first-order chi connectivity index (χ1) is 10.6. The number of hydrogen-bond acceptors (Lipinski definition) is 4. The van der Waals surface area contributed by atoms with E-state index in [4.69, 9.17) is 9.72 Å². The smallest absolute Gasteiger partial charge is 0.128 e. The molecule has 132 valence electrons. The summed E-state index contributed by atoms with van der Waals surface area (Å²) in [5.74, 6) is 1.70. The van der Waals surface area contributed by atoms with Crippen molar-refractivity contribution in [1.82, 2.24) is 9.88 Å². The Morgan fingerprint density at radius 2 is 1.91 bits per heavy atom. The Hall–Kier alpha value is -0.400. The maximum atomic E-state index is 4.94. The molecule has 5 heteroatoms. The van der Waals surface area contributed by atoms with Crippen molar-refractivity contribution in [3.05, 3.63) is 23.9 Å². The highest BCUT2D eigenvalue weighted by atomic mass is 127. The molecule has 0 N–H and O–H groups in total. The molecule has 0 aromatic carbocycles. The van der Waals surface area contributed by atoms with Gasteiger partial charge < -0.3 is 14.5 Å². The fraction of sp³-hybridized carbons (Fsp3) is 0.722. The molecule has 2 aliphatic heterocycles. The molecule has 0 bridgehead atoms. The van der Waals surface area contributed by atoms with E-state index in [1.165, 1.54) is 18.5 Å². The molecule has 1 aromatic heterocycles. The normalized spacial score (nSPS) is 18.7. The molecular formula is C18H32IN3O. The predicted octanol–water partition coefficient (Wildman–Crippen LogP) is 3.76. The van der Waals surface area contributed by atoms with E-state index < -0.39 is 0 Å². The summed E-state index contributed by atoms with van der Waals surface area (Å²) in [6.45, 7) is 8.66. The van der Waals surface area contributed by atoms with Gasteiger partial charge >= 0.3 is 0 Å². The van der Waals surface area contributed by atoms with Gasteiger partial charge in [-0.2, -0.15) is 0 Å². The molecule has 1 aromatic rings. The maximum absolute atomic E-state index is 4.94. The van der Waals surface area contributed by atoms with Gasteiger partial charge in [0.25, 0.3) is 0 Å². The van der Waals surface area contributed by atoms with Gasteiger partial charge in [0.15, 0.2) is 0 Å². The van der Waals surface area contributed by atoms with Crippen LogP contribution in [0.2, 0.25) is 0 Å². The minimum Gasteiger partial charge on any atom is -0.381 e. The average Bonchev–Trinajstić information content (AvgIpc) is 3.04. The van der Waals surface area contributed by atoms with Crippen LogP contribution >= 0.6 is 24.0 Å². The van der Waals surface area contributed by atoms with E-state index in [1.807, 2.05) is 0 Å². The third kappa shape index (κ3) is 6.19. The average molecular weight is 433 g/mol. The van der Waals surface area contributed by atoms with Gasteiger partial charge in [0, 0.05) is 38.0 Å². The number of anilines is 1. The van der Waals surface area contributed by atoms with Crippen LogP contribution in [0.3, 0.4) is 0 Å². The molecule has 1 unspecified atom stereocenters. The molecule has 0 saturated carbocycles. The molecule has 4 nitrogen and oxygen atoms in total. The van der Waals surface area contributed by atoms with Crippen LogP contribution in [0.15, 0.2) is 18.2 Å². The fourth-order valence-corrected chi connectivity index (χ4v) is 2.58. The molecule has 0 spiro atoms. The second-order valence-electron chi connectivity index (χ2n) is 6.57. The summed E-state index contributed by atoms with van der Waals surface area (Å²) in [6, 6.07) is 7.08. The van der Waals surface area contributed by atoms with Crippen LogP contribution in [0.4, 0.5) is 5.82 Å². The molecule has 3 heterocycles. The molecule has 0 amide bonds. The molecular weight excluding hydrogens is 401 g/mol. The van der Waals surface area contributed by atoms with Crippen LogP contribution in [0, 0.1) is 0 Å². The third-order valence-electron chi connectivity index (χ3n) is 4.62. The highest BCUT2D eigenvalue weighted by molar-refractivity contribution is 14.0. The molecule has 0 radical (unpaired) electrons. The Morgan fingerprint density at radius 3 is 2.39 bits per heavy atom. The van der Waals surface area contributed by atoms with Crippen LogP contribution in [-0.2, 0) is 4.74 Å². The van der Waals surface area contributed by atoms with Gasteiger partial charge in [-0.3, -0.25) is 0 Å². The molecule has 3 rings (SSSR count). The number of likely N-dealkylation sites (N-methyl/N-ethyl adjacent to an activating group) is 1. The SMILES string of the molecule is C1CCOC1.CCC(C)c1cccc(N2CC(N(C)C)C2)n1.I. The maximum Gasteiger partial charge on any atom is 0.128 e. The Morgan fingerprint density at radius 1 is 1.26 bits per heavy atom. The molecule has 2 fully saturated rings. The van der Waals surface area contributed by atoms with Crippen molar-refractivity contribution in [2.24, 2.45) is 0 Å². The van der Waals surface area contributed by atoms with E-state index in [9.17, 15) is 0 Å². The second-order valence-corrected chi connectivity index (χ2v) is 6.57. The number of ether oxygens (including phenoxy) is 1. The molecule has 2 saturated heterocycles. The monoisotopic (exact) mass is 433 g/mol. The van der Waals surface area contributed by atoms with Gasteiger partial charge in [-0.05, 0) is 51.4 Å². The highest BCUT2D eigenvalue weighted by Gasteiger charge is 2.29. The molecule has 1 atom stereocenters. The lowest BCUT2D eigenvalue weighted by atomic mass is 10.0. The summed E-state index contributed by atoms with van der Waals surface area (Å²) in [7, 11) is 4.29. The first-order valence-corrected chi connectivity index (χ1v) is 8.58. The van der Waals surface area contributed by atoms with Gasteiger partial charge in [-0.1, -0.05) is 19.9 Å². The first kappa shape index (κ1) is 20.6. The Kier molecular flexibility index (Phi) is 9.39. The van der Waals surface area contributed by atoms with Crippen LogP contribution in [-0.4, -0.2) is 56.3 Å². The zero-order valence-corrected chi connectivity index (χ0v) is 17.3. The topological polar surface area (TPSA) is 28.6 Å². The van der Waals surface area contributed by atoms with E-state index in [-0.39, 0.29) is 24.0 Å². The van der Waals surface area contributed by atoms with Gasteiger partial charge in [0.2, 0.25) is 0 Å². The van der Waals surface area contributed by atoms with Crippen LogP contribution < -0.4 is 4.90 Å². The third-order valence-corrected chi connectivity index (χ3v) is 4.62. The van der Waals surface area contributed by atoms with Crippen molar-refractivity contribution in [1.29, 1.82) is 0 Å². The minimum atomic E-state index is 0. The number of halogens is 1. The zero-order chi connectivity index (χ0) is 15.9. The lowest BCUT2D eigenvalue weighted by molar-refractivity contribution is 0.198. The number of aromatic nitrogens is 1. The van der Waals surface area contributed by atoms with E-state index in [1.54, 1.807) is 0 Å². The van der Waals surface area contributed by atoms with Crippen LogP contribution in [0.5, 0.6) is 0 Å². The lowest BCUT2D eigenvalue weighted by Crippen LogP contribution is -2.57. The minimum absolute atomic E-state index is 0. The molecule has 0 aliphatic carbocycles. The second kappa shape index (κ2) is 10.5. The van der Waals surface area contributed by atoms with E-state index in [2.05, 4.69) is 55.9 Å². The lowest BCUT2D eigenvalue weighted by Gasteiger charge is -2.43. The predicted molar refractivity (Wildman–Crippen MR) is 108 cm³/mol. The van der Waals surface area contributed by atoms with Crippen molar-refractivity contribution >= 4 is 29.8 Å². The van der Waals surface area contributed by atoms with Crippen molar-refractivity contribution in [3.8, 4) is 0 Å². The van der Waals surface area contributed by atoms with Gasteiger partial charge in [0.05, 0.1) is 0 Å². The summed E-state index contributed by atoms with van der Waals surface area (Å²) in [6.07, 6.45) is 3.71. The van der Waals surface area contributed by atoms with Crippen molar-refractivity contribution in [2.45, 2.75) is 45.1 Å². The zero-order valence-electron chi connectivity index (χ0n) is 15.0. The Bertz CT molecular complexity index is 438. The fourth-order valence-electron chi connectivity index (χ4n) is 2.58. The molecule has 2 aliphatic rings. The molecule has 23 heavy (non-hydrogen) atoms. The van der Waals surface area contributed by atoms with Gasteiger partial charge in [-0.25, -0.2) is 4.98 Å². The quantitative estimate of drug-likeness (QED) is 0.677. The summed E-state index contributed by atoms with van der Waals surface area (Å²) in [4.78, 5) is 9.41. The standard InChI is InChI=1S/C14H23N3.C4H8O.HI/c1-5-11(2)13-7-6-8-14(15-13)17-9-12(10-17)16(3)4;1-2-4-5-3-1;/h6-8,11-12H,5,9-10H2,1-4H3;1-4H2;1H. The van der Waals surface area contributed by atoms with E-state index in [0.717, 1.165) is 38.5 Å². The number of hydrogen-bond donors (Lipinski definition) is 0. The van der Waals surface area contributed by atoms with Crippen molar-refractivity contribution < 1.29 is 4.74 Å². The number of rotatable bonds is 4. The first-order valence-electron chi connectivity index (χ1n) is 8.58. The van der Waals surface area contributed by atoms with Crippen molar-refractivity contribution in [3.63, 3.8) is 0 Å². The van der Waals surface area contributed by atoms with Gasteiger partial charge in [-0.15, -0.1) is 24.0 Å². The summed E-state index contributed by atoms with van der Waals surface area (Å²) in [5.41, 5.74) is 1.22. The Balaban J connectivity index is 0.000000377. The summed E-state index contributed by atoms with van der Waals surface area (Å²) < 4.78 is 4.94. The largest absolute Gasteiger partial charge is 0.381 e. The summed E-state index contributed by atoms with van der Waals surface area (Å²) in [5, 5.41) is 0. The van der Waals surface area contributed by atoms with Crippen LogP contribution in [0.1, 0.15) is 44.7 Å². The van der Waals surface area contributed by atoms with Gasteiger partial charge in [0.1, 0.15) is 5.82 Å². The van der Waals surface area contributed by atoms with Crippen molar-refractivity contribution in [2.75, 3.05) is 45.3 Å². The van der Waals surface area contributed by atoms with E-state index in [0.29, 0.717) is 12.0 Å². The van der Waals surface area contributed by atoms with E-state index >= 15 is 0 Å². The number of pyridine rings is 1. The highest BCUT2D eigenvalue weighted by Crippen LogP contribution is 2.24. The number of nitrogens with zero attached hydrogens (tertiary/aromatic N) is 3. The Labute approximate surface area is 158 Å². The summed E-state index contributed by atoms with van der Waals surface area (Å²) >= 11 is 0. The van der Waals surface area contributed by atoms with Crippen LogP contribution in [0.25, 0.3) is 0 Å².